The second-order valence-electron chi connectivity index (χ2n) is 7.23. The number of hydrogen-bond acceptors (Lipinski definition) is 4. The first kappa shape index (κ1) is 16.4. The number of likely N-dealkylation sites (N-methyl/N-ethyl adjacent to an activating group) is 1. The maximum absolute atomic E-state index is 12.3. The van der Waals surface area contributed by atoms with E-state index in [4.69, 9.17) is 4.42 Å². The van der Waals surface area contributed by atoms with Gasteiger partial charge in [0.25, 0.3) is 0 Å². The van der Waals surface area contributed by atoms with Crippen LogP contribution in [0.25, 0.3) is 0 Å². The normalized spacial score (nSPS) is 24.2. The van der Waals surface area contributed by atoms with Crippen LogP contribution >= 0.6 is 0 Å². The summed E-state index contributed by atoms with van der Waals surface area (Å²) >= 11 is 0. The highest BCUT2D eigenvalue weighted by Crippen LogP contribution is 2.48. The van der Waals surface area contributed by atoms with E-state index in [0.29, 0.717) is 0 Å². The lowest BCUT2D eigenvalue weighted by Gasteiger charge is -2.32. The zero-order chi connectivity index (χ0) is 17.2. The number of carbonyl (C=O) groups excluding carboxylic acids is 1. The highest BCUT2D eigenvalue weighted by molar-refractivity contribution is 5.95. The van der Waals surface area contributed by atoms with Crippen molar-refractivity contribution < 1.29 is 9.21 Å². The van der Waals surface area contributed by atoms with Crippen LogP contribution < -0.4 is 5.32 Å². The Hall–Kier alpha value is -2.11. The van der Waals surface area contributed by atoms with Crippen molar-refractivity contribution in [1.29, 1.82) is 0 Å². The first-order valence-corrected chi connectivity index (χ1v) is 9.03. The molecule has 25 heavy (non-hydrogen) atoms. The van der Waals surface area contributed by atoms with Crippen molar-refractivity contribution in [3.05, 3.63) is 54.0 Å². The Morgan fingerprint density at radius 3 is 2.60 bits per heavy atom. The van der Waals surface area contributed by atoms with Crippen molar-refractivity contribution >= 4 is 11.6 Å². The van der Waals surface area contributed by atoms with E-state index >= 15 is 0 Å². The second-order valence-corrected chi connectivity index (χ2v) is 7.23. The van der Waals surface area contributed by atoms with Gasteiger partial charge in [-0.1, -0.05) is 12.1 Å². The summed E-state index contributed by atoms with van der Waals surface area (Å²) in [5, 5.41) is 3.03. The van der Waals surface area contributed by atoms with E-state index in [1.165, 1.54) is 5.56 Å². The zero-order valence-electron chi connectivity index (χ0n) is 14.6. The van der Waals surface area contributed by atoms with Gasteiger partial charge in [0.1, 0.15) is 5.76 Å². The molecular weight excluding hydrogens is 314 g/mol. The largest absolute Gasteiger partial charge is 0.469 e. The summed E-state index contributed by atoms with van der Waals surface area (Å²) in [5.41, 5.74) is 2.17. The first-order valence-electron chi connectivity index (χ1n) is 9.03. The minimum atomic E-state index is 0.0381. The molecule has 2 heterocycles. The van der Waals surface area contributed by atoms with E-state index < -0.39 is 0 Å². The summed E-state index contributed by atoms with van der Waals surface area (Å²) in [7, 11) is 2.17. The monoisotopic (exact) mass is 339 g/mol. The summed E-state index contributed by atoms with van der Waals surface area (Å²) in [6.07, 6.45) is 2.54. The lowest BCUT2D eigenvalue weighted by atomic mass is 10.1. The molecule has 1 N–H and O–H groups in total. The number of rotatable bonds is 5. The van der Waals surface area contributed by atoms with Gasteiger partial charge in [-0.05, 0) is 43.3 Å². The van der Waals surface area contributed by atoms with E-state index in [-0.39, 0.29) is 17.7 Å². The predicted octanol–water partition coefficient (Wildman–Crippen LogP) is 2.77. The molecule has 1 aromatic carbocycles. The number of benzene rings is 1. The summed E-state index contributed by atoms with van der Waals surface area (Å²) in [6.45, 7) is 5.47. The van der Waals surface area contributed by atoms with Crippen LogP contribution in [-0.4, -0.2) is 48.9 Å². The highest BCUT2D eigenvalue weighted by Gasteiger charge is 2.45. The summed E-state index contributed by atoms with van der Waals surface area (Å²) in [6, 6.07) is 12.1. The molecule has 2 aromatic rings. The van der Waals surface area contributed by atoms with Crippen LogP contribution in [0.2, 0.25) is 0 Å². The molecule has 1 aliphatic carbocycles. The van der Waals surface area contributed by atoms with Crippen molar-refractivity contribution in [2.24, 2.45) is 5.92 Å². The van der Waals surface area contributed by atoms with Crippen LogP contribution in [0, 0.1) is 5.92 Å². The van der Waals surface area contributed by atoms with Crippen molar-refractivity contribution in [3.63, 3.8) is 0 Å². The quantitative estimate of drug-likeness (QED) is 0.910. The maximum atomic E-state index is 12.3. The van der Waals surface area contributed by atoms with Gasteiger partial charge in [0, 0.05) is 50.2 Å². The number of amides is 1. The molecule has 1 aromatic heterocycles. The van der Waals surface area contributed by atoms with E-state index in [1.54, 1.807) is 6.26 Å². The van der Waals surface area contributed by atoms with Gasteiger partial charge in [-0.3, -0.25) is 9.69 Å². The zero-order valence-corrected chi connectivity index (χ0v) is 14.6. The number of anilines is 1. The van der Waals surface area contributed by atoms with Crippen molar-refractivity contribution in [2.75, 3.05) is 38.5 Å². The smallest absolute Gasteiger partial charge is 0.228 e. The molecule has 0 radical (unpaired) electrons. The third kappa shape index (κ3) is 3.94. The van der Waals surface area contributed by atoms with Gasteiger partial charge in [0.15, 0.2) is 0 Å². The second kappa shape index (κ2) is 7.02. The highest BCUT2D eigenvalue weighted by atomic mass is 16.3. The first-order chi connectivity index (χ1) is 12.2. The van der Waals surface area contributed by atoms with Gasteiger partial charge in [-0.2, -0.15) is 0 Å². The number of carbonyl (C=O) groups is 1. The Bertz CT molecular complexity index is 703. The number of furan rings is 1. The van der Waals surface area contributed by atoms with Crippen LogP contribution in [0.1, 0.15) is 23.7 Å². The van der Waals surface area contributed by atoms with Crippen LogP contribution in [0.5, 0.6) is 0 Å². The molecule has 5 heteroatoms. The van der Waals surface area contributed by atoms with Crippen LogP contribution in [-0.2, 0) is 11.3 Å². The molecule has 1 saturated carbocycles. The number of nitrogens with zero attached hydrogens (tertiary/aromatic N) is 2. The van der Waals surface area contributed by atoms with Gasteiger partial charge >= 0.3 is 0 Å². The predicted molar refractivity (Wildman–Crippen MR) is 97.4 cm³/mol. The number of piperazine rings is 1. The Morgan fingerprint density at radius 1 is 1.16 bits per heavy atom. The maximum Gasteiger partial charge on any atom is 0.228 e. The molecule has 5 nitrogen and oxygen atoms in total. The molecular formula is C20H25N3O2. The third-order valence-electron chi connectivity index (χ3n) is 5.26. The standard InChI is InChI=1S/C20H25N3O2/c1-22-8-10-23(11-9-22)14-15-4-6-16(7-5-15)21-20(24)18-13-17(18)19-3-2-12-25-19/h2-7,12,17-18H,8-11,13-14H2,1H3,(H,21,24)/t17-,18-/m0/s1. The summed E-state index contributed by atoms with van der Waals surface area (Å²) in [5.74, 6) is 1.29. The molecule has 2 aliphatic rings. The Kier molecular flexibility index (Phi) is 4.59. The van der Waals surface area contributed by atoms with Crippen molar-refractivity contribution in [3.8, 4) is 0 Å². The molecule has 132 valence electrons. The van der Waals surface area contributed by atoms with Crippen molar-refractivity contribution in [2.45, 2.75) is 18.9 Å². The summed E-state index contributed by atoms with van der Waals surface area (Å²) < 4.78 is 5.39. The van der Waals surface area contributed by atoms with Gasteiger partial charge in [0.05, 0.1) is 6.26 Å². The molecule has 0 spiro atoms. The van der Waals surface area contributed by atoms with E-state index in [1.807, 2.05) is 24.3 Å². The topological polar surface area (TPSA) is 48.7 Å². The van der Waals surface area contributed by atoms with Crippen LogP contribution in [0.3, 0.4) is 0 Å². The Labute approximate surface area is 148 Å². The average Bonchev–Trinajstić information content (AvgIpc) is 3.24. The molecule has 0 unspecified atom stereocenters. The molecule has 1 amide bonds. The molecule has 4 rings (SSSR count). The van der Waals surface area contributed by atoms with E-state index in [9.17, 15) is 4.79 Å². The fourth-order valence-electron chi connectivity index (χ4n) is 3.49. The van der Waals surface area contributed by atoms with Crippen LogP contribution in [0.4, 0.5) is 5.69 Å². The van der Waals surface area contributed by atoms with Gasteiger partial charge in [0.2, 0.25) is 5.91 Å². The lowest BCUT2D eigenvalue weighted by molar-refractivity contribution is -0.117. The molecule has 0 bridgehead atoms. The fourth-order valence-corrected chi connectivity index (χ4v) is 3.49. The average molecular weight is 339 g/mol. The van der Waals surface area contributed by atoms with Crippen LogP contribution in [0.15, 0.2) is 47.1 Å². The van der Waals surface area contributed by atoms with Gasteiger partial charge < -0.3 is 14.6 Å². The molecule has 2 atom stereocenters. The lowest BCUT2D eigenvalue weighted by Crippen LogP contribution is -2.43. The number of hydrogen-bond donors (Lipinski definition) is 1. The van der Waals surface area contributed by atoms with Gasteiger partial charge in [-0.15, -0.1) is 0 Å². The fraction of sp³-hybridized carbons (Fsp3) is 0.450. The number of nitrogens with one attached hydrogen (secondary N) is 1. The van der Waals surface area contributed by atoms with E-state index in [0.717, 1.165) is 50.6 Å². The van der Waals surface area contributed by atoms with E-state index in [2.05, 4.69) is 34.3 Å². The van der Waals surface area contributed by atoms with Crippen molar-refractivity contribution in [1.82, 2.24) is 9.80 Å². The summed E-state index contributed by atoms with van der Waals surface area (Å²) in [4.78, 5) is 17.2. The minimum absolute atomic E-state index is 0.0381. The molecule has 2 fully saturated rings. The Morgan fingerprint density at radius 2 is 1.92 bits per heavy atom. The molecule has 1 aliphatic heterocycles. The van der Waals surface area contributed by atoms with Gasteiger partial charge in [-0.25, -0.2) is 0 Å². The SMILES string of the molecule is CN1CCN(Cc2ccc(NC(=O)[C@H]3C[C@@H]3c3ccco3)cc2)CC1. The Balaban J connectivity index is 1.28. The third-order valence-corrected chi connectivity index (χ3v) is 5.26. The minimum Gasteiger partial charge on any atom is -0.469 e. The molecule has 1 saturated heterocycles.